The fourth-order valence-corrected chi connectivity index (χ4v) is 2.28. The van der Waals surface area contributed by atoms with E-state index in [1.807, 2.05) is 0 Å². The second-order valence-electron chi connectivity index (χ2n) is 5.36. The van der Waals surface area contributed by atoms with E-state index < -0.39 is 0 Å². The molecule has 0 radical (unpaired) electrons. The molecule has 18 heavy (non-hydrogen) atoms. The summed E-state index contributed by atoms with van der Waals surface area (Å²) in [4.78, 5) is 0. The van der Waals surface area contributed by atoms with Crippen LogP contribution in [0.3, 0.4) is 0 Å². The van der Waals surface area contributed by atoms with Gasteiger partial charge in [-0.25, -0.2) is 0 Å². The smallest absolute Gasteiger partial charge is 0.0291 e. The van der Waals surface area contributed by atoms with Crippen molar-refractivity contribution in [2.75, 3.05) is 6.54 Å². The van der Waals surface area contributed by atoms with E-state index >= 15 is 0 Å². The molecule has 1 N–H and O–H groups in total. The lowest BCUT2D eigenvalue weighted by atomic mass is 10.1. The third-order valence-corrected chi connectivity index (χ3v) is 3.52. The molecule has 0 heterocycles. The fraction of sp³-hybridized carbons (Fsp3) is 0.647. The van der Waals surface area contributed by atoms with Gasteiger partial charge in [0.25, 0.3) is 0 Å². The number of rotatable bonds is 9. The van der Waals surface area contributed by atoms with Gasteiger partial charge in [-0.15, -0.1) is 0 Å². The first-order valence-electron chi connectivity index (χ1n) is 7.54. The molecule has 1 unspecified atom stereocenters. The largest absolute Gasteiger partial charge is 0.310 e. The van der Waals surface area contributed by atoms with Crippen molar-refractivity contribution in [3.05, 3.63) is 35.4 Å². The Morgan fingerprint density at radius 1 is 1.06 bits per heavy atom. The highest BCUT2D eigenvalue weighted by Gasteiger charge is 2.03. The zero-order chi connectivity index (χ0) is 13.2. The van der Waals surface area contributed by atoms with Crippen molar-refractivity contribution in [3.8, 4) is 0 Å². The molecule has 1 atom stereocenters. The number of hydrogen-bond donors (Lipinski definition) is 1. The number of unbranched alkanes of at least 4 members (excludes halogenated alkanes) is 5. The molecule has 0 bridgehead atoms. The third-order valence-electron chi connectivity index (χ3n) is 3.52. The predicted molar refractivity (Wildman–Crippen MR) is 81.0 cm³/mol. The number of hydrogen-bond acceptors (Lipinski definition) is 1. The molecule has 0 spiro atoms. The Balaban J connectivity index is 2.12. The van der Waals surface area contributed by atoms with Gasteiger partial charge in [-0.2, -0.15) is 0 Å². The van der Waals surface area contributed by atoms with Gasteiger partial charge in [0, 0.05) is 6.04 Å². The third kappa shape index (κ3) is 6.20. The number of benzene rings is 1. The normalized spacial score (nSPS) is 12.6. The molecule has 1 heteroatoms. The van der Waals surface area contributed by atoms with Crippen molar-refractivity contribution in [3.63, 3.8) is 0 Å². The minimum atomic E-state index is 0.473. The minimum Gasteiger partial charge on any atom is -0.310 e. The van der Waals surface area contributed by atoms with Crippen LogP contribution in [0, 0.1) is 6.92 Å². The van der Waals surface area contributed by atoms with Crippen LogP contribution in [0.4, 0.5) is 0 Å². The molecule has 0 aromatic heterocycles. The monoisotopic (exact) mass is 247 g/mol. The molecule has 1 rings (SSSR count). The summed E-state index contributed by atoms with van der Waals surface area (Å²) in [5.74, 6) is 0. The lowest BCUT2D eigenvalue weighted by Gasteiger charge is -2.14. The summed E-state index contributed by atoms with van der Waals surface area (Å²) in [5, 5.41) is 3.62. The van der Waals surface area contributed by atoms with Gasteiger partial charge < -0.3 is 5.32 Å². The SMILES string of the molecule is CCCCCCCCNC(C)c1cccc(C)c1. The van der Waals surface area contributed by atoms with Crippen LogP contribution < -0.4 is 5.32 Å². The Kier molecular flexibility index (Phi) is 7.75. The predicted octanol–water partition coefficient (Wildman–Crippen LogP) is 5.01. The molecule has 0 saturated carbocycles. The Morgan fingerprint density at radius 2 is 1.78 bits per heavy atom. The van der Waals surface area contributed by atoms with Crippen LogP contribution in [0.25, 0.3) is 0 Å². The molecule has 102 valence electrons. The molecule has 1 aromatic carbocycles. The second kappa shape index (κ2) is 9.16. The average molecular weight is 247 g/mol. The van der Waals surface area contributed by atoms with E-state index in [-0.39, 0.29) is 0 Å². The van der Waals surface area contributed by atoms with E-state index in [1.54, 1.807) is 0 Å². The molecule has 0 aliphatic rings. The zero-order valence-corrected chi connectivity index (χ0v) is 12.3. The maximum atomic E-state index is 3.62. The van der Waals surface area contributed by atoms with Crippen molar-refractivity contribution >= 4 is 0 Å². The van der Waals surface area contributed by atoms with E-state index in [9.17, 15) is 0 Å². The van der Waals surface area contributed by atoms with Crippen LogP contribution in [0.15, 0.2) is 24.3 Å². The lowest BCUT2D eigenvalue weighted by Crippen LogP contribution is -2.19. The summed E-state index contributed by atoms with van der Waals surface area (Å²) in [6, 6.07) is 9.27. The molecule has 0 aliphatic carbocycles. The Bertz CT molecular complexity index is 319. The molecule has 1 aromatic rings. The van der Waals surface area contributed by atoms with Gasteiger partial charge in [-0.05, 0) is 32.4 Å². The molecule has 0 saturated heterocycles. The lowest BCUT2D eigenvalue weighted by molar-refractivity contribution is 0.527. The maximum Gasteiger partial charge on any atom is 0.0291 e. The first-order chi connectivity index (χ1) is 8.74. The van der Waals surface area contributed by atoms with E-state index in [4.69, 9.17) is 0 Å². The molecule has 0 amide bonds. The van der Waals surface area contributed by atoms with E-state index in [0.29, 0.717) is 6.04 Å². The van der Waals surface area contributed by atoms with Crippen LogP contribution in [0.2, 0.25) is 0 Å². The first kappa shape index (κ1) is 15.2. The highest BCUT2D eigenvalue weighted by molar-refractivity contribution is 5.24. The van der Waals surface area contributed by atoms with Crippen LogP contribution in [-0.4, -0.2) is 6.54 Å². The van der Waals surface area contributed by atoms with Crippen molar-refractivity contribution < 1.29 is 0 Å². The van der Waals surface area contributed by atoms with Crippen LogP contribution in [-0.2, 0) is 0 Å². The fourth-order valence-electron chi connectivity index (χ4n) is 2.28. The maximum absolute atomic E-state index is 3.62. The van der Waals surface area contributed by atoms with Gasteiger partial charge in [0.1, 0.15) is 0 Å². The van der Waals surface area contributed by atoms with Crippen molar-refractivity contribution in [1.82, 2.24) is 5.32 Å². The summed E-state index contributed by atoms with van der Waals surface area (Å²) in [6.45, 7) is 7.82. The quantitative estimate of drug-likeness (QED) is 0.605. The van der Waals surface area contributed by atoms with Crippen molar-refractivity contribution in [2.24, 2.45) is 0 Å². The first-order valence-corrected chi connectivity index (χ1v) is 7.54. The average Bonchev–Trinajstić information content (AvgIpc) is 2.37. The number of nitrogens with one attached hydrogen (secondary N) is 1. The van der Waals surface area contributed by atoms with Gasteiger partial charge in [0.15, 0.2) is 0 Å². The van der Waals surface area contributed by atoms with Gasteiger partial charge in [-0.3, -0.25) is 0 Å². The van der Waals surface area contributed by atoms with Crippen molar-refractivity contribution in [2.45, 2.75) is 65.3 Å². The van der Waals surface area contributed by atoms with E-state index in [0.717, 1.165) is 6.54 Å². The molecule has 0 aliphatic heterocycles. The second-order valence-corrected chi connectivity index (χ2v) is 5.36. The summed E-state index contributed by atoms with van der Waals surface area (Å²) >= 11 is 0. The van der Waals surface area contributed by atoms with Gasteiger partial charge in [0.2, 0.25) is 0 Å². The molecule has 0 fully saturated rings. The number of aryl methyl sites for hydroxylation is 1. The molecular formula is C17H29N. The summed E-state index contributed by atoms with van der Waals surface area (Å²) in [6.07, 6.45) is 8.21. The van der Waals surface area contributed by atoms with Crippen LogP contribution >= 0.6 is 0 Å². The van der Waals surface area contributed by atoms with E-state index in [2.05, 4.69) is 50.4 Å². The zero-order valence-electron chi connectivity index (χ0n) is 12.3. The Morgan fingerprint density at radius 3 is 2.50 bits per heavy atom. The highest BCUT2D eigenvalue weighted by atomic mass is 14.9. The standard InChI is InChI=1S/C17H29N/c1-4-5-6-7-8-9-13-18-16(3)17-12-10-11-15(2)14-17/h10-12,14,16,18H,4-9,13H2,1-3H3. The van der Waals surface area contributed by atoms with Crippen molar-refractivity contribution in [1.29, 1.82) is 0 Å². The molecular weight excluding hydrogens is 218 g/mol. The topological polar surface area (TPSA) is 12.0 Å². The van der Waals surface area contributed by atoms with Crippen LogP contribution in [0.1, 0.15) is 69.5 Å². The van der Waals surface area contributed by atoms with Gasteiger partial charge >= 0.3 is 0 Å². The molecule has 1 nitrogen and oxygen atoms in total. The minimum absolute atomic E-state index is 0.473. The van der Waals surface area contributed by atoms with Gasteiger partial charge in [-0.1, -0.05) is 68.9 Å². The highest BCUT2D eigenvalue weighted by Crippen LogP contribution is 2.13. The Labute approximate surface area is 113 Å². The van der Waals surface area contributed by atoms with E-state index in [1.165, 1.54) is 49.7 Å². The summed E-state index contributed by atoms with van der Waals surface area (Å²) in [7, 11) is 0. The van der Waals surface area contributed by atoms with Gasteiger partial charge in [0.05, 0.1) is 0 Å². The summed E-state index contributed by atoms with van der Waals surface area (Å²) < 4.78 is 0. The Hall–Kier alpha value is -0.820. The summed E-state index contributed by atoms with van der Waals surface area (Å²) in [5.41, 5.74) is 2.75. The van der Waals surface area contributed by atoms with Crippen LogP contribution in [0.5, 0.6) is 0 Å².